The number of nitrogens with zero attached hydrogens (tertiary/aromatic N) is 7. The summed E-state index contributed by atoms with van der Waals surface area (Å²) in [6.07, 6.45) is 1.99. The van der Waals surface area contributed by atoms with Crippen LogP contribution in [0.3, 0.4) is 0 Å². The van der Waals surface area contributed by atoms with E-state index in [4.69, 9.17) is 5.11 Å². The molecule has 1 N–H and O–H groups in total. The van der Waals surface area contributed by atoms with E-state index < -0.39 is 0 Å². The number of hydrogen-bond donors (Lipinski definition) is 1. The lowest BCUT2D eigenvalue weighted by Crippen LogP contribution is -2.47. The van der Waals surface area contributed by atoms with Crippen LogP contribution in [0.15, 0.2) is 9.59 Å². The lowest BCUT2D eigenvalue weighted by atomic mass is 10.2. The van der Waals surface area contributed by atoms with Crippen molar-refractivity contribution in [2.24, 2.45) is 14.1 Å². The van der Waals surface area contributed by atoms with E-state index in [0.717, 1.165) is 82.3 Å². The fraction of sp³-hybridized carbons (Fsp3) is 0.737. The predicted molar refractivity (Wildman–Crippen MR) is 126 cm³/mol. The summed E-state index contributed by atoms with van der Waals surface area (Å²) in [5.74, 6) is 0.803. The summed E-state index contributed by atoms with van der Waals surface area (Å²) in [6.45, 7) is 8.68. The monoisotopic (exact) mass is 477 g/mol. The molecule has 2 aromatic heterocycles. The Hall–Kier alpha value is -1.59. The Balaban J connectivity index is 0.00000171. The van der Waals surface area contributed by atoms with Gasteiger partial charge in [-0.05, 0) is 19.4 Å². The van der Waals surface area contributed by atoms with E-state index in [2.05, 4.69) is 19.7 Å². The van der Waals surface area contributed by atoms with Crippen molar-refractivity contribution in [3.63, 3.8) is 0 Å². The first-order chi connectivity index (χ1) is 14.0. The molecule has 0 aliphatic carbocycles. The number of anilines is 1. The van der Waals surface area contributed by atoms with Crippen LogP contribution in [0.25, 0.3) is 11.2 Å². The van der Waals surface area contributed by atoms with Crippen LogP contribution in [-0.4, -0.2) is 92.6 Å². The highest BCUT2D eigenvalue weighted by Gasteiger charge is 2.25. The third kappa shape index (κ3) is 4.93. The van der Waals surface area contributed by atoms with Gasteiger partial charge in [-0.1, -0.05) is 0 Å². The first-order valence-corrected chi connectivity index (χ1v) is 10.5. The van der Waals surface area contributed by atoms with Gasteiger partial charge in [0.05, 0.1) is 6.61 Å². The van der Waals surface area contributed by atoms with E-state index in [1.54, 1.807) is 7.05 Å². The molecule has 4 heterocycles. The van der Waals surface area contributed by atoms with Crippen molar-refractivity contribution in [2.45, 2.75) is 19.4 Å². The van der Waals surface area contributed by atoms with Crippen LogP contribution >= 0.6 is 24.8 Å². The van der Waals surface area contributed by atoms with Gasteiger partial charge in [0.2, 0.25) is 5.95 Å². The summed E-state index contributed by atoms with van der Waals surface area (Å²) in [5, 5.41) is 9.06. The third-order valence-corrected chi connectivity index (χ3v) is 6.20. The average molecular weight is 478 g/mol. The van der Waals surface area contributed by atoms with Crippen molar-refractivity contribution in [1.82, 2.24) is 28.5 Å². The first kappa shape index (κ1) is 25.7. The van der Waals surface area contributed by atoms with E-state index in [1.165, 1.54) is 11.6 Å². The zero-order chi connectivity index (χ0) is 20.5. The molecule has 0 unspecified atom stereocenters. The number of β-amino-alcohol motifs (C(OH)–C–C–N with tert-alkyl or cyclic N) is 1. The Morgan fingerprint density at radius 3 is 2.16 bits per heavy atom. The number of aromatic nitrogens is 4. The van der Waals surface area contributed by atoms with E-state index in [9.17, 15) is 9.59 Å². The number of piperazine rings is 1. The number of aliphatic hydroxyl groups excluding tert-OH is 1. The van der Waals surface area contributed by atoms with Gasteiger partial charge in [0.15, 0.2) is 11.2 Å². The smallest absolute Gasteiger partial charge is 0.332 e. The summed E-state index contributed by atoms with van der Waals surface area (Å²) in [6, 6.07) is 0. The number of halogens is 2. The van der Waals surface area contributed by atoms with Gasteiger partial charge in [-0.3, -0.25) is 18.8 Å². The maximum absolute atomic E-state index is 12.7. The zero-order valence-electron chi connectivity index (χ0n) is 18.2. The minimum absolute atomic E-state index is 0. The van der Waals surface area contributed by atoms with Gasteiger partial charge >= 0.3 is 5.69 Å². The van der Waals surface area contributed by atoms with Gasteiger partial charge in [0, 0.05) is 66.5 Å². The van der Waals surface area contributed by atoms with Crippen molar-refractivity contribution in [1.29, 1.82) is 0 Å². The van der Waals surface area contributed by atoms with Gasteiger partial charge in [0.1, 0.15) is 0 Å². The summed E-state index contributed by atoms with van der Waals surface area (Å²) in [4.78, 5) is 36.6. The van der Waals surface area contributed by atoms with Crippen molar-refractivity contribution in [3.8, 4) is 0 Å². The molecule has 0 atom stereocenters. The molecule has 2 aliphatic rings. The fourth-order valence-corrected chi connectivity index (χ4v) is 4.48. The molecular weight excluding hydrogens is 445 g/mol. The van der Waals surface area contributed by atoms with E-state index in [1.807, 2.05) is 4.57 Å². The molecule has 1 saturated heterocycles. The molecule has 4 rings (SSSR count). The van der Waals surface area contributed by atoms with E-state index >= 15 is 0 Å². The van der Waals surface area contributed by atoms with Crippen molar-refractivity contribution in [2.75, 3.05) is 63.9 Å². The molecule has 0 amide bonds. The second kappa shape index (κ2) is 10.8. The Morgan fingerprint density at radius 2 is 1.52 bits per heavy atom. The van der Waals surface area contributed by atoms with Gasteiger partial charge in [-0.2, -0.15) is 4.98 Å². The summed E-state index contributed by atoms with van der Waals surface area (Å²) in [5.41, 5.74) is 0.378. The standard InChI is InChI=1S/C19H31N7O3.2ClH/c1-21-16-15(17(28)22(2)19(21)29)26-8-4-7-25(18(26)20-16)6-3-5-23-9-11-24(12-10-23)13-14-27;;/h27H,3-14H2,1-2H3;2*1H. The normalized spacial score (nSPS) is 17.3. The molecule has 0 radical (unpaired) electrons. The second-order valence-corrected chi connectivity index (χ2v) is 8.04. The molecule has 10 nitrogen and oxygen atoms in total. The largest absolute Gasteiger partial charge is 0.395 e. The molecule has 0 saturated carbocycles. The van der Waals surface area contributed by atoms with Crippen molar-refractivity contribution >= 4 is 41.9 Å². The van der Waals surface area contributed by atoms with Crippen LogP contribution in [0.1, 0.15) is 12.8 Å². The molecule has 2 aliphatic heterocycles. The molecule has 2 aromatic rings. The van der Waals surface area contributed by atoms with E-state index in [0.29, 0.717) is 11.2 Å². The molecular formula is C19H33Cl2N7O3. The average Bonchev–Trinajstić information content (AvgIpc) is 3.13. The van der Waals surface area contributed by atoms with Crippen LogP contribution in [0.5, 0.6) is 0 Å². The van der Waals surface area contributed by atoms with Gasteiger partial charge in [0.25, 0.3) is 5.56 Å². The lowest BCUT2D eigenvalue weighted by molar-refractivity contribution is 0.112. The van der Waals surface area contributed by atoms with Gasteiger partial charge in [-0.15, -0.1) is 24.8 Å². The summed E-state index contributed by atoms with van der Waals surface area (Å²) >= 11 is 0. The second-order valence-electron chi connectivity index (χ2n) is 8.04. The van der Waals surface area contributed by atoms with Crippen LogP contribution in [0, 0.1) is 0 Å². The number of aryl methyl sites for hydroxylation is 2. The van der Waals surface area contributed by atoms with Crippen LogP contribution in [0.2, 0.25) is 0 Å². The van der Waals surface area contributed by atoms with Gasteiger partial charge < -0.3 is 19.5 Å². The van der Waals surface area contributed by atoms with Crippen LogP contribution < -0.4 is 16.1 Å². The molecule has 1 fully saturated rings. The quantitative estimate of drug-likeness (QED) is 0.598. The predicted octanol–water partition coefficient (Wildman–Crippen LogP) is -0.513. The van der Waals surface area contributed by atoms with Crippen LogP contribution in [-0.2, 0) is 20.6 Å². The fourth-order valence-electron chi connectivity index (χ4n) is 4.48. The zero-order valence-corrected chi connectivity index (χ0v) is 19.8. The number of imidazole rings is 1. The maximum atomic E-state index is 12.7. The minimum atomic E-state index is -0.343. The highest BCUT2D eigenvalue weighted by molar-refractivity contribution is 5.85. The Kier molecular flexibility index (Phi) is 8.96. The molecule has 12 heteroatoms. The number of aliphatic hydroxyl groups is 1. The maximum Gasteiger partial charge on any atom is 0.332 e. The van der Waals surface area contributed by atoms with Crippen molar-refractivity contribution < 1.29 is 5.11 Å². The highest BCUT2D eigenvalue weighted by Crippen LogP contribution is 2.24. The minimum Gasteiger partial charge on any atom is -0.395 e. The molecule has 0 aromatic carbocycles. The molecule has 0 bridgehead atoms. The number of rotatable bonds is 6. The topological polar surface area (TPSA) is 91.8 Å². The Morgan fingerprint density at radius 1 is 0.871 bits per heavy atom. The first-order valence-electron chi connectivity index (χ1n) is 10.5. The Bertz CT molecular complexity index is 995. The molecule has 176 valence electrons. The van der Waals surface area contributed by atoms with E-state index in [-0.39, 0.29) is 42.7 Å². The lowest BCUT2D eigenvalue weighted by Gasteiger charge is -2.35. The SMILES string of the molecule is Cl.Cl.Cn1c(=O)c2c(nc3n2CCCN3CCCN2CCN(CCO)CC2)n(C)c1=O. The summed E-state index contributed by atoms with van der Waals surface area (Å²) < 4.78 is 4.60. The number of hydrogen-bond acceptors (Lipinski definition) is 7. The molecule has 0 spiro atoms. The molecule has 31 heavy (non-hydrogen) atoms. The third-order valence-electron chi connectivity index (χ3n) is 6.20. The Labute approximate surface area is 193 Å². The summed E-state index contributed by atoms with van der Waals surface area (Å²) in [7, 11) is 3.19. The van der Waals surface area contributed by atoms with Crippen LogP contribution in [0.4, 0.5) is 5.95 Å². The highest BCUT2D eigenvalue weighted by atomic mass is 35.5. The number of fused-ring (bicyclic) bond motifs is 3. The van der Waals surface area contributed by atoms with Gasteiger partial charge in [-0.25, -0.2) is 4.79 Å². The van der Waals surface area contributed by atoms with Crippen molar-refractivity contribution in [3.05, 3.63) is 20.8 Å².